The molecule has 2 heterocycles. The second-order valence-corrected chi connectivity index (χ2v) is 6.47. The molecule has 1 unspecified atom stereocenters. The molecule has 2 rings (SSSR count). The number of aryl methyl sites for hydroxylation is 2. The molecule has 0 bridgehead atoms. The number of nitrogens with zero attached hydrogens (tertiary/aromatic N) is 3. The van der Waals surface area contributed by atoms with Crippen LogP contribution in [0, 0.1) is 18.8 Å². The molecule has 4 nitrogen and oxygen atoms in total. The summed E-state index contributed by atoms with van der Waals surface area (Å²) < 4.78 is 2.11. The lowest BCUT2D eigenvalue weighted by atomic mass is 9.89. The van der Waals surface area contributed by atoms with Crippen LogP contribution < -0.4 is 10.6 Å². The van der Waals surface area contributed by atoms with Crippen LogP contribution in [0.25, 0.3) is 0 Å². The molecule has 0 spiro atoms. The van der Waals surface area contributed by atoms with E-state index in [9.17, 15) is 0 Å². The fourth-order valence-electron chi connectivity index (χ4n) is 3.29. The van der Waals surface area contributed by atoms with Crippen molar-refractivity contribution < 1.29 is 0 Å². The van der Waals surface area contributed by atoms with Gasteiger partial charge in [0.1, 0.15) is 0 Å². The molecule has 0 saturated carbocycles. The van der Waals surface area contributed by atoms with Crippen molar-refractivity contribution in [2.75, 3.05) is 23.7 Å². The van der Waals surface area contributed by atoms with Gasteiger partial charge in [-0.3, -0.25) is 0 Å². The zero-order valence-corrected chi connectivity index (χ0v) is 13.5. The Bertz CT molecular complexity index is 436. The van der Waals surface area contributed by atoms with Crippen LogP contribution in [0.2, 0.25) is 0 Å². The van der Waals surface area contributed by atoms with Gasteiger partial charge in [0.25, 0.3) is 0 Å². The lowest BCUT2D eigenvalue weighted by Crippen LogP contribution is -2.28. The minimum Gasteiger partial charge on any atom is -0.394 e. The van der Waals surface area contributed by atoms with Crippen LogP contribution >= 0.6 is 0 Å². The van der Waals surface area contributed by atoms with Crippen molar-refractivity contribution in [3.05, 3.63) is 5.69 Å². The molecule has 0 amide bonds. The molecular weight excluding hydrogens is 248 g/mol. The lowest BCUT2D eigenvalue weighted by Gasteiger charge is -2.24. The molecule has 1 aromatic rings. The monoisotopic (exact) mass is 278 g/mol. The van der Waals surface area contributed by atoms with Gasteiger partial charge in [0, 0.05) is 19.6 Å². The minimum atomic E-state index is 0.787. The molecule has 1 fully saturated rings. The Morgan fingerprint density at radius 3 is 2.70 bits per heavy atom. The highest BCUT2D eigenvalue weighted by molar-refractivity contribution is 5.66. The Hall–Kier alpha value is -1.19. The number of rotatable bonds is 4. The molecule has 20 heavy (non-hydrogen) atoms. The van der Waals surface area contributed by atoms with E-state index in [0.29, 0.717) is 0 Å². The zero-order valence-electron chi connectivity index (χ0n) is 13.5. The van der Waals surface area contributed by atoms with E-state index >= 15 is 0 Å². The largest absolute Gasteiger partial charge is 0.394 e. The van der Waals surface area contributed by atoms with Gasteiger partial charge in [-0.05, 0) is 44.4 Å². The van der Waals surface area contributed by atoms with Gasteiger partial charge in [-0.1, -0.05) is 20.8 Å². The first kappa shape index (κ1) is 15.2. The summed E-state index contributed by atoms with van der Waals surface area (Å²) in [5.41, 5.74) is 8.13. The number of anilines is 2. The third-order valence-corrected chi connectivity index (χ3v) is 4.60. The standard InChI is InChI=1S/C16H30N4/c1-5-9-20-16(15(17)13(4)18-20)19-10-6-7-14(8-11-19)12(2)3/h12,14H,5-11,17H2,1-4H3. The van der Waals surface area contributed by atoms with Crippen molar-refractivity contribution in [3.8, 4) is 0 Å². The number of nitrogen functional groups attached to an aromatic ring is 1. The smallest absolute Gasteiger partial charge is 0.150 e. The predicted molar refractivity (Wildman–Crippen MR) is 86.1 cm³/mol. The van der Waals surface area contributed by atoms with Gasteiger partial charge >= 0.3 is 0 Å². The normalized spacial score (nSPS) is 20.4. The third-order valence-electron chi connectivity index (χ3n) is 4.60. The van der Waals surface area contributed by atoms with E-state index < -0.39 is 0 Å². The van der Waals surface area contributed by atoms with Crippen molar-refractivity contribution >= 4 is 11.5 Å². The van der Waals surface area contributed by atoms with Gasteiger partial charge in [0.15, 0.2) is 5.82 Å². The maximum absolute atomic E-state index is 6.28. The first-order chi connectivity index (χ1) is 9.54. The van der Waals surface area contributed by atoms with Crippen LogP contribution in [-0.4, -0.2) is 22.9 Å². The Kier molecular flexibility index (Phi) is 4.95. The van der Waals surface area contributed by atoms with E-state index in [0.717, 1.165) is 55.1 Å². The van der Waals surface area contributed by atoms with Crippen molar-refractivity contribution in [1.29, 1.82) is 0 Å². The zero-order chi connectivity index (χ0) is 14.7. The predicted octanol–water partition coefficient (Wildman–Crippen LogP) is 3.45. The van der Waals surface area contributed by atoms with Gasteiger partial charge in [-0.15, -0.1) is 0 Å². The summed E-state index contributed by atoms with van der Waals surface area (Å²) in [7, 11) is 0. The fraction of sp³-hybridized carbons (Fsp3) is 0.812. The SMILES string of the molecule is CCCn1nc(C)c(N)c1N1CCCC(C(C)C)CC1. The van der Waals surface area contributed by atoms with Gasteiger partial charge in [-0.25, -0.2) is 4.68 Å². The molecule has 0 aromatic carbocycles. The number of hydrogen-bond acceptors (Lipinski definition) is 3. The van der Waals surface area contributed by atoms with Gasteiger partial charge in [0.05, 0.1) is 11.4 Å². The quantitative estimate of drug-likeness (QED) is 0.917. The molecule has 114 valence electrons. The Balaban J connectivity index is 2.18. The Labute approximate surface area is 123 Å². The summed E-state index contributed by atoms with van der Waals surface area (Å²) in [6.45, 7) is 12.1. The number of hydrogen-bond donors (Lipinski definition) is 1. The molecule has 0 aliphatic carbocycles. The molecule has 1 aliphatic rings. The van der Waals surface area contributed by atoms with Gasteiger partial charge < -0.3 is 10.6 Å². The Morgan fingerprint density at radius 2 is 2.05 bits per heavy atom. The minimum absolute atomic E-state index is 0.787. The van der Waals surface area contributed by atoms with Crippen LogP contribution in [0.4, 0.5) is 11.5 Å². The highest BCUT2D eigenvalue weighted by Gasteiger charge is 2.24. The third kappa shape index (κ3) is 3.10. The molecule has 0 radical (unpaired) electrons. The molecule has 1 aliphatic heterocycles. The number of nitrogens with two attached hydrogens (primary N) is 1. The van der Waals surface area contributed by atoms with E-state index in [-0.39, 0.29) is 0 Å². The lowest BCUT2D eigenvalue weighted by molar-refractivity contribution is 0.351. The maximum atomic E-state index is 6.28. The van der Waals surface area contributed by atoms with E-state index in [1.807, 2.05) is 6.92 Å². The molecule has 1 aromatic heterocycles. The maximum Gasteiger partial charge on any atom is 0.150 e. The topological polar surface area (TPSA) is 47.1 Å². The highest BCUT2D eigenvalue weighted by Crippen LogP contribution is 2.31. The first-order valence-electron chi connectivity index (χ1n) is 8.12. The summed E-state index contributed by atoms with van der Waals surface area (Å²) in [5.74, 6) is 2.80. The molecule has 1 atom stereocenters. The van der Waals surface area contributed by atoms with Gasteiger partial charge in [0.2, 0.25) is 0 Å². The molecular formula is C16H30N4. The second kappa shape index (κ2) is 6.51. The van der Waals surface area contributed by atoms with E-state index in [2.05, 4.69) is 35.5 Å². The summed E-state index contributed by atoms with van der Waals surface area (Å²) >= 11 is 0. The molecule has 1 saturated heterocycles. The highest BCUT2D eigenvalue weighted by atomic mass is 15.4. The van der Waals surface area contributed by atoms with Crippen LogP contribution in [-0.2, 0) is 6.54 Å². The van der Waals surface area contributed by atoms with Crippen molar-refractivity contribution in [2.45, 2.75) is 59.9 Å². The second-order valence-electron chi connectivity index (χ2n) is 6.47. The van der Waals surface area contributed by atoms with Crippen molar-refractivity contribution in [1.82, 2.24) is 9.78 Å². The van der Waals surface area contributed by atoms with Crippen LogP contribution in [0.15, 0.2) is 0 Å². The van der Waals surface area contributed by atoms with Crippen molar-refractivity contribution in [2.24, 2.45) is 11.8 Å². The van der Waals surface area contributed by atoms with Gasteiger partial charge in [-0.2, -0.15) is 5.10 Å². The van der Waals surface area contributed by atoms with E-state index in [1.54, 1.807) is 0 Å². The van der Waals surface area contributed by atoms with Crippen LogP contribution in [0.1, 0.15) is 52.1 Å². The summed E-state index contributed by atoms with van der Waals surface area (Å²) in [6.07, 6.45) is 4.97. The van der Waals surface area contributed by atoms with E-state index in [4.69, 9.17) is 5.73 Å². The summed E-state index contributed by atoms with van der Waals surface area (Å²) in [6, 6.07) is 0. The molecule has 2 N–H and O–H groups in total. The Morgan fingerprint density at radius 1 is 1.30 bits per heavy atom. The molecule has 4 heteroatoms. The average molecular weight is 278 g/mol. The van der Waals surface area contributed by atoms with E-state index in [1.165, 1.54) is 19.3 Å². The average Bonchev–Trinajstić information content (AvgIpc) is 2.59. The van der Waals surface area contributed by atoms with Crippen LogP contribution in [0.3, 0.4) is 0 Å². The summed E-state index contributed by atoms with van der Waals surface area (Å²) in [5, 5.41) is 4.61. The first-order valence-corrected chi connectivity index (χ1v) is 8.12. The van der Waals surface area contributed by atoms with Crippen molar-refractivity contribution in [3.63, 3.8) is 0 Å². The van der Waals surface area contributed by atoms with Crippen LogP contribution in [0.5, 0.6) is 0 Å². The summed E-state index contributed by atoms with van der Waals surface area (Å²) in [4.78, 5) is 2.47. The fourth-order valence-corrected chi connectivity index (χ4v) is 3.29. The number of aromatic nitrogens is 2.